The first kappa shape index (κ1) is 13.5. The topological polar surface area (TPSA) is 62.1 Å². The smallest absolute Gasteiger partial charge is 0.306 e. The molecule has 0 amide bonds. The van der Waals surface area contributed by atoms with Crippen molar-refractivity contribution in [2.24, 2.45) is 0 Å². The minimum atomic E-state index is -0.247. The number of carbonyl (C=O) groups excluding carboxylic acids is 1. The number of methoxy groups -OCH3 is 1. The van der Waals surface area contributed by atoms with Gasteiger partial charge in [-0.25, -0.2) is 0 Å². The van der Waals surface area contributed by atoms with E-state index < -0.39 is 0 Å². The molecule has 0 saturated carbocycles. The summed E-state index contributed by atoms with van der Waals surface area (Å²) in [5.74, 6) is -0.247. The number of rotatable bonds is 5. The van der Waals surface area contributed by atoms with Gasteiger partial charge in [-0.1, -0.05) is 17.7 Å². The molecule has 0 radical (unpaired) electrons. The van der Waals surface area contributed by atoms with E-state index in [9.17, 15) is 4.79 Å². The van der Waals surface area contributed by atoms with Crippen molar-refractivity contribution in [1.29, 1.82) is 5.26 Å². The summed E-state index contributed by atoms with van der Waals surface area (Å²) in [5, 5.41) is 12.3. The number of nitrogens with one attached hydrogen (secondary N) is 1. The van der Waals surface area contributed by atoms with Crippen LogP contribution in [-0.4, -0.2) is 19.6 Å². The average molecular weight is 253 g/mol. The van der Waals surface area contributed by atoms with E-state index in [1.54, 1.807) is 18.2 Å². The van der Waals surface area contributed by atoms with Gasteiger partial charge in [0.15, 0.2) is 0 Å². The highest BCUT2D eigenvalue weighted by Gasteiger charge is 2.03. The highest BCUT2D eigenvalue weighted by Crippen LogP contribution is 2.17. The minimum Gasteiger partial charge on any atom is -0.469 e. The second-order valence-corrected chi connectivity index (χ2v) is 3.83. The number of nitrogens with zero attached hydrogens (tertiary/aromatic N) is 1. The summed E-state index contributed by atoms with van der Waals surface area (Å²) in [6, 6.07) is 7.15. The van der Waals surface area contributed by atoms with Gasteiger partial charge < -0.3 is 10.1 Å². The lowest BCUT2D eigenvalue weighted by Gasteiger charge is -2.06. The van der Waals surface area contributed by atoms with Gasteiger partial charge in [-0.05, 0) is 17.7 Å². The molecule has 5 heteroatoms. The molecule has 17 heavy (non-hydrogen) atoms. The van der Waals surface area contributed by atoms with Crippen molar-refractivity contribution in [3.63, 3.8) is 0 Å². The fourth-order valence-electron chi connectivity index (χ4n) is 1.28. The molecule has 0 heterocycles. The Morgan fingerprint density at radius 2 is 2.35 bits per heavy atom. The van der Waals surface area contributed by atoms with Crippen molar-refractivity contribution in [3.8, 4) is 6.07 Å². The summed E-state index contributed by atoms with van der Waals surface area (Å²) >= 11 is 5.99. The zero-order chi connectivity index (χ0) is 12.7. The number of hydrogen-bond donors (Lipinski definition) is 1. The minimum absolute atomic E-state index is 0.247. The molecule has 0 aliphatic carbocycles. The lowest BCUT2D eigenvalue weighted by molar-refractivity contribution is -0.140. The Morgan fingerprint density at radius 1 is 1.59 bits per heavy atom. The van der Waals surface area contributed by atoms with Crippen LogP contribution in [-0.2, 0) is 16.1 Å². The van der Waals surface area contributed by atoms with Crippen LogP contribution in [0.4, 0.5) is 0 Å². The van der Waals surface area contributed by atoms with Gasteiger partial charge in [-0.3, -0.25) is 4.79 Å². The third kappa shape index (κ3) is 4.43. The first-order valence-corrected chi connectivity index (χ1v) is 5.51. The first-order chi connectivity index (χ1) is 8.17. The summed E-state index contributed by atoms with van der Waals surface area (Å²) in [7, 11) is 1.36. The first-order valence-electron chi connectivity index (χ1n) is 5.13. The van der Waals surface area contributed by atoms with Crippen LogP contribution in [0.2, 0.25) is 5.02 Å². The van der Waals surface area contributed by atoms with E-state index in [2.05, 4.69) is 10.1 Å². The highest BCUT2D eigenvalue weighted by molar-refractivity contribution is 6.31. The van der Waals surface area contributed by atoms with Gasteiger partial charge in [0.05, 0.1) is 25.2 Å². The molecule has 1 N–H and O–H groups in total. The predicted octanol–water partition coefficient (Wildman–Crippen LogP) is 1.86. The van der Waals surface area contributed by atoms with E-state index in [-0.39, 0.29) is 5.97 Å². The summed E-state index contributed by atoms with van der Waals surface area (Å²) in [6.45, 7) is 1.09. The molecule has 0 atom stereocenters. The number of benzene rings is 1. The van der Waals surface area contributed by atoms with Gasteiger partial charge in [-0.15, -0.1) is 0 Å². The van der Waals surface area contributed by atoms with Crippen molar-refractivity contribution in [3.05, 3.63) is 34.3 Å². The third-order valence-electron chi connectivity index (χ3n) is 2.23. The average Bonchev–Trinajstić information content (AvgIpc) is 2.35. The fourth-order valence-corrected chi connectivity index (χ4v) is 1.52. The van der Waals surface area contributed by atoms with Crippen LogP contribution >= 0.6 is 11.6 Å². The Balaban J connectivity index is 2.42. The summed E-state index contributed by atoms with van der Waals surface area (Å²) < 4.78 is 4.52. The maximum absolute atomic E-state index is 10.8. The Labute approximate surface area is 105 Å². The molecule has 0 aromatic heterocycles. The monoisotopic (exact) mass is 252 g/mol. The van der Waals surface area contributed by atoms with Gasteiger partial charge in [0.1, 0.15) is 0 Å². The van der Waals surface area contributed by atoms with Crippen molar-refractivity contribution < 1.29 is 9.53 Å². The van der Waals surface area contributed by atoms with Gasteiger partial charge in [0.2, 0.25) is 0 Å². The molecular weight excluding hydrogens is 240 g/mol. The maximum atomic E-state index is 10.8. The predicted molar refractivity (Wildman–Crippen MR) is 64.5 cm³/mol. The molecule has 1 rings (SSSR count). The molecule has 0 bridgehead atoms. The molecule has 1 aromatic rings. The van der Waals surface area contributed by atoms with Crippen molar-refractivity contribution in [2.45, 2.75) is 13.0 Å². The zero-order valence-electron chi connectivity index (χ0n) is 9.50. The van der Waals surface area contributed by atoms with E-state index >= 15 is 0 Å². The molecule has 0 fully saturated rings. The van der Waals surface area contributed by atoms with Crippen molar-refractivity contribution in [2.75, 3.05) is 13.7 Å². The number of nitriles is 1. The van der Waals surface area contributed by atoms with E-state index in [4.69, 9.17) is 16.9 Å². The third-order valence-corrected chi connectivity index (χ3v) is 2.58. The maximum Gasteiger partial charge on any atom is 0.306 e. The molecular formula is C12H13ClN2O2. The van der Waals surface area contributed by atoms with E-state index in [0.717, 1.165) is 5.56 Å². The second kappa shape index (κ2) is 6.89. The SMILES string of the molecule is COC(=O)CCNCc1ccc(C#N)cc1Cl. The Kier molecular flexibility index (Phi) is 5.47. The van der Waals surface area contributed by atoms with Crippen molar-refractivity contribution >= 4 is 17.6 Å². The van der Waals surface area contributed by atoms with E-state index in [1.165, 1.54) is 7.11 Å². The Morgan fingerprint density at radius 3 is 2.94 bits per heavy atom. The van der Waals surface area contributed by atoms with E-state index in [1.807, 2.05) is 6.07 Å². The molecule has 0 saturated heterocycles. The molecule has 0 unspecified atom stereocenters. The van der Waals surface area contributed by atoms with Gasteiger partial charge in [-0.2, -0.15) is 5.26 Å². The van der Waals surface area contributed by atoms with Crippen LogP contribution in [0.1, 0.15) is 17.5 Å². The number of carbonyl (C=O) groups is 1. The molecule has 90 valence electrons. The Hall–Kier alpha value is -1.57. The molecule has 4 nitrogen and oxygen atoms in total. The van der Waals surface area contributed by atoms with Crippen LogP contribution in [0.3, 0.4) is 0 Å². The lowest BCUT2D eigenvalue weighted by atomic mass is 10.1. The molecule has 1 aromatic carbocycles. The second-order valence-electron chi connectivity index (χ2n) is 3.42. The molecule has 0 spiro atoms. The van der Waals surface area contributed by atoms with Gasteiger partial charge in [0, 0.05) is 18.1 Å². The van der Waals surface area contributed by atoms with E-state index in [0.29, 0.717) is 30.1 Å². The van der Waals surface area contributed by atoms with Gasteiger partial charge >= 0.3 is 5.97 Å². The lowest BCUT2D eigenvalue weighted by Crippen LogP contribution is -2.18. The van der Waals surface area contributed by atoms with Gasteiger partial charge in [0.25, 0.3) is 0 Å². The van der Waals surface area contributed by atoms with Crippen LogP contribution in [0.25, 0.3) is 0 Å². The summed E-state index contributed by atoms with van der Waals surface area (Å²) in [6.07, 6.45) is 0.324. The summed E-state index contributed by atoms with van der Waals surface area (Å²) in [5.41, 5.74) is 1.43. The zero-order valence-corrected chi connectivity index (χ0v) is 10.3. The highest BCUT2D eigenvalue weighted by atomic mass is 35.5. The van der Waals surface area contributed by atoms with Crippen LogP contribution in [0.5, 0.6) is 0 Å². The number of halogens is 1. The Bertz CT molecular complexity index is 441. The normalized spacial score (nSPS) is 9.71. The standard InChI is InChI=1S/C12H13ClN2O2/c1-17-12(16)4-5-15-8-10-3-2-9(7-14)6-11(10)13/h2-3,6,15H,4-5,8H2,1H3. The van der Waals surface area contributed by atoms with Crippen LogP contribution in [0, 0.1) is 11.3 Å². The largest absolute Gasteiger partial charge is 0.469 e. The van der Waals surface area contributed by atoms with Crippen LogP contribution < -0.4 is 5.32 Å². The number of esters is 1. The number of hydrogen-bond acceptors (Lipinski definition) is 4. The van der Waals surface area contributed by atoms with Crippen molar-refractivity contribution in [1.82, 2.24) is 5.32 Å². The number of ether oxygens (including phenoxy) is 1. The molecule has 0 aliphatic heterocycles. The fraction of sp³-hybridized carbons (Fsp3) is 0.333. The quantitative estimate of drug-likeness (QED) is 0.642. The summed E-state index contributed by atoms with van der Waals surface area (Å²) in [4.78, 5) is 10.8. The molecule has 0 aliphatic rings. The van der Waals surface area contributed by atoms with Crippen LogP contribution in [0.15, 0.2) is 18.2 Å².